The zero-order valence-corrected chi connectivity index (χ0v) is 42.2. The summed E-state index contributed by atoms with van der Waals surface area (Å²) in [6, 6.07) is 4.33. The van der Waals surface area contributed by atoms with Crippen molar-refractivity contribution < 1.29 is 57.7 Å². The van der Waals surface area contributed by atoms with E-state index in [4.69, 9.17) is 19.3 Å². The van der Waals surface area contributed by atoms with Crippen LogP contribution in [-0.4, -0.2) is 139 Å². The van der Waals surface area contributed by atoms with E-state index in [2.05, 4.69) is 21.3 Å². The number of benzene rings is 1. The molecule has 6 amide bonds. The van der Waals surface area contributed by atoms with E-state index in [0.29, 0.717) is 31.3 Å². The first-order valence-corrected chi connectivity index (χ1v) is 23.8. The van der Waals surface area contributed by atoms with Crippen LogP contribution in [0, 0.1) is 17.8 Å². The van der Waals surface area contributed by atoms with Crippen molar-refractivity contribution in [2.45, 2.75) is 157 Å². The molecule has 0 radical (unpaired) electrons. The van der Waals surface area contributed by atoms with Crippen molar-refractivity contribution in [3.8, 4) is 0 Å². The molecule has 0 bridgehead atoms. The maximum absolute atomic E-state index is 14.2. The van der Waals surface area contributed by atoms with Crippen molar-refractivity contribution in [3.63, 3.8) is 0 Å². The summed E-state index contributed by atoms with van der Waals surface area (Å²) in [6.07, 6.45) is 1.61. The molecule has 1 aromatic rings. The molecular weight excluding hydrogens is 877 g/mol. The first-order chi connectivity index (χ1) is 32.1. The number of rotatable bonds is 13. The minimum atomic E-state index is -1.32. The number of ether oxygens (including phenoxy) is 3. The molecule has 0 spiro atoms. The summed E-state index contributed by atoms with van der Waals surface area (Å²) in [5.74, 6) is -6.19. The molecule has 380 valence electrons. The Balaban J connectivity index is 2.70. The number of aliphatic hydroxyl groups is 1. The van der Waals surface area contributed by atoms with Gasteiger partial charge in [0, 0.05) is 51.6 Å². The first kappa shape index (κ1) is 58.3. The normalized spacial score (nSPS) is 26.4. The van der Waals surface area contributed by atoms with Crippen molar-refractivity contribution in [3.05, 3.63) is 59.2 Å². The van der Waals surface area contributed by atoms with Crippen molar-refractivity contribution in [1.29, 1.82) is 0 Å². The number of amides is 6. The van der Waals surface area contributed by atoms with Crippen LogP contribution in [0.15, 0.2) is 53.6 Å². The van der Waals surface area contributed by atoms with E-state index in [1.807, 2.05) is 26.8 Å². The molecule has 18 heteroatoms. The molecule has 0 saturated carbocycles. The topological polar surface area (TPSA) is 239 Å². The Hall–Kier alpha value is -5.78. The highest BCUT2D eigenvalue weighted by Crippen LogP contribution is 2.26. The number of esters is 2. The van der Waals surface area contributed by atoms with Gasteiger partial charge in [0.15, 0.2) is 6.10 Å². The lowest BCUT2D eigenvalue weighted by atomic mass is 9.90. The summed E-state index contributed by atoms with van der Waals surface area (Å²) < 4.78 is 17.8. The Labute approximate surface area is 402 Å². The predicted molar refractivity (Wildman–Crippen MR) is 256 cm³/mol. The van der Waals surface area contributed by atoms with E-state index >= 15 is 0 Å². The van der Waals surface area contributed by atoms with Crippen LogP contribution in [0.3, 0.4) is 0 Å². The number of carbonyl (C=O) groups is 8. The molecule has 68 heavy (non-hydrogen) atoms. The fraction of sp³-hybridized carbons (Fsp3) is 0.640. The molecule has 0 saturated heterocycles. The van der Waals surface area contributed by atoms with Crippen LogP contribution in [0.2, 0.25) is 0 Å². The van der Waals surface area contributed by atoms with Gasteiger partial charge < -0.3 is 50.4 Å². The minimum absolute atomic E-state index is 0.0239. The van der Waals surface area contributed by atoms with Crippen molar-refractivity contribution in [2.75, 3.05) is 33.8 Å². The number of likely N-dealkylation sites (N-methyl/N-ethyl adjacent to an activating group) is 2. The smallest absolute Gasteiger partial charge is 0.407 e. The lowest BCUT2D eigenvalue weighted by molar-refractivity contribution is -0.155. The second kappa shape index (κ2) is 29.2. The van der Waals surface area contributed by atoms with Gasteiger partial charge in [0.1, 0.15) is 36.4 Å². The molecule has 1 heterocycles. The number of unbranched alkanes of at least 4 members (excludes halogenated alkanes) is 2. The molecular formula is C50H78N6O12. The van der Waals surface area contributed by atoms with E-state index in [-0.39, 0.29) is 43.9 Å². The summed E-state index contributed by atoms with van der Waals surface area (Å²) in [4.78, 5) is 113. The van der Waals surface area contributed by atoms with E-state index in [9.17, 15) is 38.4 Å². The largest absolute Gasteiger partial charge is 0.456 e. The number of hydrogen-bond donors (Lipinski definition) is 5. The van der Waals surface area contributed by atoms with Gasteiger partial charge in [-0.25, -0.2) is 14.4 Å². The van der Waals surface area contributed by atoms with Gasteiger partial charge in [0.05, 0.1) is 6.54 Å². The van der Waals surface area contributed by atoms with Crippen LogP contribution in [0.5, 0.6) is 0 Å². The maximum atomic E-state index is 14.2. The molecule has 0 aliphatic carbocycles. The van der Waals surface area contributed by atoms with Gasteiger partial charge >= 0.3 is 18.0 Å². The lowest BCUT2D eigenvalue weighted by Gasteiger charge is -2.33. The van der Waals surface area contributed by atoms with E-state index in [1.165, 1.54) is 45.8 Å². The standard InChI is InChI=1S/C50H78N6O12/c1-13-31(5)42-45(60)53-36(10)49(64)68-43(32(6)14-2)34(8)39(67-50(65)51-25-19-16-20-26-57)24-23-33(7)48(63)66-40(27-30(3)4)44(59)52-35(9)46(61)56(12)38(28-37-21-17-15-18-22-37)47(62)55(11)29-41(58)54-42/h14-15,17-18,21-23,30-31,34-36,38-40,42-43,57H,13,16,19-20,24-29H2,1-12H3,(H,51,65)(H,52,59)(H,53,60)(H,54,58)/b32-14+,33-23+/t31?,34-,35-,36+,38+,39-,40+,42?,43+/m0/s1. The number of nitrogens with zero attached hydrogens (tertiary/aromatic N) is 2. The van der Waals surface area contributed by atoms with Gasteiger partial charge in [0.25, 0.3) is 5.91 Å². The van der Waals surface area contributed by atoms with Crippen LogP contribution >= 0.6 is 0 Å². The summed E-state index contributed by atoms with van der Waals surface area (Å²) in [6.45, 7) is 16.7. The number of aliphatic hydroxyl groups excluding tert-OH is 1. The van der Waals surface area contributed by atoms with E-state index in [1.54, 1.807) is 58.0 Å². The Kier molecular flexibility index (Phi) is 25.0. The number of allylic oxidation sites excluding steroid dienone is 1. The highest BCUT2D eigenvalue weighted by Gasteiger charge is 2.37. The van der Waals surface area contributed by atoms with Gasteiger partial charge in [-0.1, -0.05) is 83.5 Å². The molecule has 5 N–H and O–H groups in total. The van der Waals surface area contributed by atoms with Gasteiger partial charge in [-0.2, -0.15) is 0 Å². The fourth-order valence-electron chi connectivity index (χ4n) is 7.48. The summed E-state index contributed by atoms with van der Waals surface area (Å²) >= 11 is 0. The van der Waals surface area contributed by atoms with Crippen LogP contribution in [0.4, 0.5) is 4.79 Å². The van der Waals surface area contributed by atoms with Gasteiger partial charge in [0.2, 0.25) is 23.6 Å². The third-order valence-electron chi connectivity index (χ3n) is 12.2. The van der Waals surface area contributed by atoms with Crippen LogP contribution in [0.1, 0.15) is 113 Å². The molecule has 9 atom stereocenters. The highest BCUT2D eigenvalue weighted by atomic mass is 16.6. The Morgan fingerprint density at radius 3 is 2.16 bits per heavy atom. The first-order valence-electron chi connectivity index (χ1n) is 23.8. The highest BCUT2D eigenvalue weighted by molar-refractivity contribution is 5.96. The van der Waals surface area contributed by atoms with E-state index in [0.717, 1.165) is 10.5 Å². The number of alkyl carbamates (subject to hydrolysis) is 1. The van der Waals surface area contributed by atoms with Crippen molar-refractivity contribution >= 4 is 47.6 Å². The fourth-order valence-corrected chi connectivity index (χ4v) is 7.48. The summed E-state index contributed by atoms with van der Waals surface area (Å²) in [5.41, 5.74) is 1.41. The molecule has 1 aromatic carbocycles. The zero-order valence-electron chi connectivity index (χ0n) is 42.2. The second-order valence-electron chi connectivity index (χ2n) is 18.3. The monoisotopic (exact) mass is 955 g/mol. The number of carbonyl (C=O) groups excluding carboxylic acids is 8. The average Bonchev–Trinajstić information content (AvgIpc) is 3.30. The Morgan fingerprint density at radius 1 is 0.912 bits per heavy atom. The number of hydrogen-bond acceptors (Lipinski definition) is 12. The minimum Gasteiger partial charge on any atom is -0.456 e. The Morgan fingerprint density at radius 2 is 1.56 bits per heavy atom. The quantitative estimate of drug-likeness (QED) is 0.0812. The zero-order chi connectivity index (χ0) is 51.2. The Bertz CT molecular complexity index is 1920. The van der Waals surface area contributed by atoms with Gasteiger partial charge in [-0.15, -0.1) is 0 Å². The van der Waals surface area contributed by atoms with Gasteiger partial charge in [-0.3, -0.25) is 24.0 Å². The number of nitrogens with one attached hydrogen (secondary N) is 4. The lowest BCUT2D eigenvalue weighted by Crippen LogP contribution is -2.57. The predicted octanol–water partition coefficient (Wildman–Crippen LogP) is 4.13. The molecule has 0 fully saturated rings. The molecule has 1 aliphatic heterocycles. The van der Waals surface area contributed by atoms with Crippen molar-refractivity contribution in [2.24, 2.45) is 17.8 Å². The molecule has 2 unspecified atom stereocenters. The second-order valence-corrected chi connectivity index (χ2v) is 18.3. The van der Waals surface area contributed by atoms with Crippen LogP contribution < -0.4 is 21.3 Å². The van der Waals surface area contributed by atoms with Crippen LogP contribution in [-0.2, 0) is 54.2 Å². The third kappa shape index (κ3) is 18.7. The molecule has 0 aromatic heterocycles. The molecule has 1 aliphatic rings. The average molecular weight is 955 g/mol. The van der Waals surface area contributed by atoms with Crippen LogP contribution in [0.25, 0.3) is 0 Å². The number of cyclic esters (lactones) is 2. The SMILES string of the molecule is C/C=C(\C)[C@H]1OC(=O)[C@@H](C)NC(=O)C(C(C)CC)NC(=O)CN(C)C(=O)[C@@H](Cc2ccccc2)N(C)C(=O)[C@H](C)NC(=O)[C@@H](CC(C)C)OC(=O)/C(C)=C/C[C@H](OC(=O)NCCCCCO)[C@@H]1C. The summed E-state index contributed by atoms with van der Waals surface area (Å²) in [7, 11) is 2.83. The van der Waals surface area contributed by atoms with E-state index < -0.39 is 108 Å². The molecule has 2 rings (SSSR count). The molecule has 18 nitrogen and oxygen atoms in total. The van der Waals surface area contributed by atoms with Gasteiger partial charge in [-0.05, 0) is 83.3 Å². The maximum Gasteiger partial charge on any atom is 0.407 e. The van der Waals surface area contributed by atoms with Crippen molar-refractivity contribution in [1.82, 2.24) is 31.1 Å². The third-order valence-corrected chi connectivity index (χ3v) is 12.2. The summed E-state index contributed by atoms with van der Waals surface area (Å²) in [5, 5.41) is 19.9.